The number of hydrogen-bond donors (Lipinski definition) is 2. The number of methoxy groups -OCH3 is 1. The molecule has 5 heteroatoms. The summed E-state index contributed by atoms with van der Waals surface area (Å²) in [6.45, 7) is 1.87. The first-order chi connectivity index (χ1) is 7.19. The lowest BCUT2D eigenvalue weighted by Crippen LogP contribution is -2.03. The second-order valence-electron chi connectivity index (χ2n) is 2.92. The molecule has 0 saturated heterocycles. The molecule has 0 heterocycles. The number of hydrogen-bond acceptors (Lipinski definition) is 5. The van der Waals surface area contributed by atoms with Crippen molar-refractivity contribution in [1.29, 1.82) is 0 Å². The van der Waals surface area contributed by atoms with E-state index in [-0.39, 0.29) is 0 Å². The Hall–Kier alpha value is -1.88. The number of rotatable bonds is 3. The maximum Gasteiger partial charge on any atom is 0.337 e. The topological polar surface area (TPSA) is 70.9 Å². The zero-order chi connectivity index (χ0) is 11.3. The molecular formula is C10H12N2O3. The highest BCUT2D eigenvalue weighted by molar-refractivity contribution is 5.92. The summed E-state index contributed by atoms with van der Waals surface area (Å²) in [5, 5.41) is 11.8. The van der Waals surface area contributed by atoms with Crippen LogP contribution in [0.4, 0.5) is 0 Å². The lowest BCUT2D eigenvalue weighted by molar-refractivity contribution is 0.0600. The molecule has 1 aromatic rings. The van der Waals surface area contributed by atoms with Gasteiger partial charge in [0, 0.05) is 0 Å². The second-order valence-corrected chi connectivity index (χ2v) is 2.92. The number of esters is 1. The molecule has 5 nitrogen and oxygen atoms in total. The van der Waals surface area contributed by atoms with Crippen LogP contribution in [-0.4, -0.2) is 24.5 Å². The monoisotopic (exact) mass is 208 g/mol. The third-order valence-corrected chi connectivity index (χ3v) is 1.96. The SMILES string of the molecule is COC(=O)c1ccc(C)c(C=NNO)c1. The third kappa shape index (κ3) is 2.78. The minimum atomic E-state index is -0.401. The van der Waals surface area contributed by atoms with Crippen molar-refractivity contribution in [2.24, 2.45) is 5.10 Å². The molecule has 0 bridgehead atoms. The van der Waals surface area contributed by atoms with Crippen LogP contribution in [0.2, 0.25) is 0 Å². The van der Waals surface area contributed by atoms with Gasteiger partial charge < -0.3 is 4.74 Å². The molecule has 0 atom stereocenters. The number of hydrazone groups is 1. The van der Waals surface area contributed by atoms with E-state index in [2.05, 4.69) is 9.84 Å². The molecule has 0 radical (unpaired) electrons. The Bertz CT molecular complexity index is 388. The molecule has 0 unspecified atom stereocenters. The van der Waals surface area contributed by atoms with Crippen molar-refractivity contribution in [3.8, 4) is 0 Å². The predicted octanol–water partition coefficient (Wildman–Crippen LogP) is 1.09. The zero-order valence-electron chi connectivity index (χ0n) is 8.52. The van der Waals surface area contributed by atoms with Gasteiger partial charge in [-0.2, -0.15) is 10.7 Å². The van der Waals surface area contributed by atoms with Crippen molar-refractivity contribution in [3.05, 3.63) is 34.9 Å². The number of aryl methyl sites for hydroxylation is 1. The van der Waals surface area contributed by atoms with Crippen LogP contribution in [0.15, 0.2) is 23.3 Å². The van der Waals surface area contributed by atoms with Crippen LogP contribution in [0.5, 0.6) is 0 Å². The minimum absolute atomic E-state index is 0.401. The maximum absolute atomic E-state index is 11.2. The standard InChI is InChI=1S/C10H12N2O3/c1-7-3-4-8(10(13)15-2)5-9(7)6-11-12-14/h3-6,12,14H,1-2H3. The van der Waals surface area contributed by atoms with Crippen molar-refractivity contribution in [1.82, 2.24) is 5.59 Å². The van der Waals surface area contributed by atoms with Gasteiger partial charge in [-0.1, -0.05) is 6.07 Å². The summed E-state index contributed by atoms with van der Waals surface area (Å²) in [6.07, 6.45) is 1.42. The summed E-state index contributed by atoms with van der Waals surface area (Å²) >= 11 is 0. The molecule has 15 heavy (non-hydrogen) atoms. The molecule has 0 saturated carbocycles. The lowest BCUT2D eigenvalue weighted by atomic mass is 10.1. The number of benzene rings is 1. The number of ether oxygens (including phenoxy) is 1. The Morgan fingerprint density at radius 3 is 2.93 bits per heavy atom. The number of carbonyl (C=O) groups is 1. The van der Waals surface area contributed by atoms with Gasteiger partial charge in [0.2, 0.25) is 0 Å². The summed E-state index contributed by atoms with van der Waals surface area (Å²) in [5.41, 5.74) is 3.79. The molecule has 0 aliphatic carbocycles. The average Bonchev–Trinajstić information content (AvgIpc) is 2.27. The molecule has 2 N–H and O–H groups in total. The van der Waals surface area contributed by atoms with E-state index in [0.717, 1.165) is 11.1 Å². The molecule has 0 fully saturated rings. The van der Waals surface area contributed by atoms with Crippen molar-refractivity contribution in [2.75, 3.05) is 7.11 Å². The molecule has 1 rings (SSSR count). The van der Waals surface area contributed by atoms with E-state index >= 15 is 0 Å². The molecule has 0 spiro atoms. The highest BCUT2D eigenvalue weighted by atomic mass is 16.5. The van der Waals surface area contributed by atoms with Gasteiger partial charge >= 0.3 is 5.97 Å². The van der Waals surface area contributed by atoms with E-state index in [4.69, 9.17) is 5.21 Å². The number of nitrogens with zero attached hydrogens (tertiary/aromatic N) is 1. The van der Waals surface area contributed by atoms with Gasteiger partial charge in [-0.3, -0.25) is 5.21 Å². The zero-order valence-corrected chi connectivity index (χ0v) is 8.52. The Labute approximate surface area is 87.3 Å². The number of nitrogens with one attached hydrogen (secondary N) is 1. The van der Waals surface area contributed by atoms with Gasteiger partial charge in [0.15, 0.2) is 0 Å². The van der Waals surface area contributed by atoms with Crippen LogP contribution < -0.4 is 5.59 Å². The fourth-order valence-electron chi connectivity index (χ4n) is 1.12. The van der Waals surface area contributed by atoms with Crippen molar-refractivity contribution < 1.29 is 14.7 Å². The van der Waals surface area contributed by atoms with Crippen LogP contribution in [0.3, 0.4) is 0 Å². The fourth-order valence-corrected chi connectivity index (χ4v) is 1.12. The lowest BCUT2D eigenvalue weighted by Gasteiger charge is -2.03. The summed E-state index contributed by atoms with van der Waals surface area (Å²) in [6, 6.07) is 5.10. The Morgan fingerprint density at radius 1 is 1.60 bits per heavy atom. The van der Waals surface area contributed by atoms with Gasteiger partial charge in [0.05, 0.1) is 18.9 Å². The second kappa shape index (κ2) is 5.11. The van der Waals surface area contributed by atoms with E-state index in [9.17, 15) is 4.79 Å². The van der Waals surface area contributed by atoms with Crippen molar-refractivity contribution >= 4 is 12.2 Å². The third-order valence-electron chi connectivity index (χ3n) is 1.96. The summed E-state index contributed by atoms with van der Waals surface area (Å²) in [4.78, 5) is 11.2. The van der Waals surface area contributed by atoms with Gasteiger partial charge in [-0.25, -0.2) is 4.79 Å². The Balaban J connectivity index is 3.05. The van der Waals surface area contributed by atoms with Crippen LogP contribution in [0, 0.1) is 6.92 Å². The molecule has 0 aromatic heterocycles. The van der Waals surface area contributed by atoms with E-state index < -0.39 is 5.97 Å². The number of carbonyl (C=O) groups excluding carboxylic acids is 1. The first-order valence-electron chi connectivity index (χ1n) is 4.30. The maximum atomic E-state index is 11.2. The minimum Gasteiger partial charge on any atom is -0.465 e. The first kappa shape index (κ1) is 11.2. The fraction of sp³-hybridized carbons (Fsp3) is 0.200. The van der Waals surface area contributed by atoms with Crippen LogP contribution in [0.1, 0.15) is 21.5 Å². The van der Waals surface area contributed by atoms with E-state index in [1.54, 1.807) is 23.8 Å². The van der Waals surface area contributed by atoms with E-state index in [1.807, 2.05) is 6.92 Å². The average molecular weight is 208 g/mol. The van der Waals surface area contributed by atoms with Gasteiger partial charge in [0.25, 0.3) is 0 Å². The van der Waals surface area contributed by atoms with Gasteiger partial charge in [-0.15, -0.1) is 0 Å². The summed E-state index contributed by atoms with van der Waals surface area (Å²) in [7, 11) is 1.32. The molecule has 1 aromatic carbocycles. The Kier molecular flexibility index (Phi) is 3.82. The smallest absolute Gasteiger partial charge is 0.337 e. The molecule has 0 amide bonds. The molecule has 0 aliphatic rings. The van der Waals surface area contributed by atoms with Gasteiger partial charge in [0.1, 0.15) is 0 Å². The normalized spacial score (nSPS) is 10.3. The van der Waals surface area contributed by atoms with E-state index in [0.29, 0.717) is 5.56 Å². The molecule has 80 valence electrons. The van der Waals surface area contributed by atoms with Crippen molar-refractivity contribution in [3.63, 3.8) is 0 Å². The van der Waals surface area contributed by atoms with E-state index in [1.165, 1.54) is 13.3 Å². The Morgan fingerprint density at radius 2 is 2.33 bits per heavy atom. The van der Waals surface area contributed by atoms with Crippen LogP contribution >= 0.6 is 0 Å². The van der Waals surface area contributed by atoms with Crippen LogP contribution in [-0.2, 0) is 4.74 Å². The van der Waals surface area contributed by atoms with Gasteiger partial charge in [-0.05, 0) is 30.2 Å². The summed E-state index contributed by atoms with van der Waals surface area (Å²) in [5.74, 6) is -0.401. The summed E-state index contributed by atoms with van der Waals surface area (Å²) < 4.78 is 4.59. The highest BCUT2D eigenvalue weighted by Gasteiger charge is 2.06. The highest BCUT2D eigenvalue weighted by Crippen LogP contribution is 2.10. The predicted molar refractivity (Wildman–Crippen MR) is 55.0 cm³/mol. The first-order valence-corrected chi connectivity index (χ1v) is 4.30. The quantitative estimate of drug-likeness (QED) is 0.443. The van der Waals surface area contributed by atoms with Crippen LogP contribution in [0.25, 0.3) is 0 Å². The largest absolute Gasteiger partial charge is 0.465 e. The van der Waals surface area contributed by atoms with Crippen molar-refractivity contribution in [2.45, 2.75) is 6.92 Å². The molecular weight excluding hydrogens is 196 g/mol. The molecule has 0 aliphatic heterocycles.